The SMILES string of the molecule is O=C1NC(=S)NC(=O)C1=Cc1ccc(Sc2nc3ccc(NC(=O)c4ccccc4)cc3s2)c([N+](=O)[O-])c1. The van der Waals surface area contributed by atoms with Crippen LogP contribution in [0.25, 0.3) is 16.3 Å². The van der Waals surface area contributed by atoms with Crippen molar-refractivity contribution < 1.29 is 19.3 Å². The molecule has 1 fully saturated rings. The van der Waals surface area contributed by atoms with Crippen LogP contribution in [0.1, 0.15) is 15.9 Å². The molecule has 0 bridgehead atoms. The third kappa shape index (κ3) is 5.44. The fourth-order valence-electron chi connectivity index (χ4n) is 3.54. The molecule has 0 saturated carbocycles. The second kappa shape index (κ2) is 10.5. The lowest BCUT2D eigenvalue weighted by molar-refractivity contribution is -0.387. The largest absolute Gasteiger partial charge is 0.322 e. The quantitative estimate of drug-likeness (QED) is 0.103. The standard InChI is InChI=1S/C25H15N5O5S3/c31-21(14-4-2-1-3-5-14)26-15-7-8-17-20(12-15)38-25(27-17)37-19-9-6-13(11-18(19)30(34)35)10-16-22(32)28-24(36)29-23(16)33/h1-12H,(H,26,31)(H2,28,29,32,33,36). The van der Waals surface area contributed by atoms with E-state index >= 15 is 0 Å². The number of carbonyl (C=O) groups is 3. The number of carbonyl (C=O) groups excluding carboxylic acids is 3. The van der Waals surface area contributed by atoms with Crippen LogP contribution >= 0.6 is 35.3 Å². The van der Waals surface area contributed by atoms with Crippen molar-refractivity contribution in [3.63, 3.8) is 0 Å². The molecule has 3 amide bonds. The first-order valence-electron chi connectivity index (χ1n) is 10.9. The molecule has 3 aromatic carbocycles. The topological polar surface area (TPSA) is 143 Å². The smallest absolute Gasteiger partial charge is 0.283 e. The first-order valence-corrected chi connectivity index (χ1v) is 12.9. The Kier molecular flexibility index (Phi) is 6.96. The second-order valence-corrected chi connectivity index (χ2v) is 10.6. The van der Waals surface area contributed by atoms with Crippen molar-refractivity contribution in [1.82, 2.24) is 15.6 Å². The molecule has 0 unspecified atom stereocenters. The third-order valence-corrected chi connectivity index (χ3v) is 7.64. The maximum absolute atomic E-state index is 12.5. The zero-order valence-corrected chi connectivity index (χ0v) is 21.5. The number of nitro groups is 1. The Labute approximate surface area is 228 Å². The molecule has 4 aromatic rings. The summed E-state index contributed by atoms with van der Waals surface area (Å²) in [5, 5.41) is 19.2. The summed E-state index contributed by atoms with van der Waals surface area (Å²) in [5.74, 6) is -1.61. The van der Waals surface area contributed by atoms with Crippen LogP contribution in [0.5, 0.6) is 0 Å². The number of nitrogens with one attached hydrogen (secondary N) is 3. The van der Waals surface area contributed by atoms with Gasteiger partial charge < -0.3 is 5.32 Å². The molecule has 1 aromatic heterocycles. The van der Waals surface area contributed by atoms with Crippen molar-refractivity contribution in [2.45, 2.75) is 9.24 Å². The van der Waals surface area contributed by atoms with Gasteiger partial charge in [-0.1, -0.05) is 36.0 Å². The lowest BCUT2D eigenvalue weighted by atomic mass is 10.1. The van der Waals surface area contributed by atoms with Gasteiger partial charge in [-0.25, -0.2) is 4.98 Å². The lowest BCUT2D eigenvalue weighted by Gasteiger charge is -2.16. The van der Waals surface area contributed by atoms with Crippen molar-refractivity contribution in [2.24, 2.45) is 0 Å². The van der Waals surface area contributed by atoms with Crippen molar-refractivity contribution >= 4 is 85.8 Å². The Balaban J connectivity index is 1.38. The third-order valence-electron chi connectivity index (χ3n) is 5.29. The summed E-state index contributed by atoms with van der Waals surface area (Å²) in [6.45, 7) is 0. The van der Waals surface area contributed by atoms with Crippen LogP contribution in [0, 0.1) is 10.1 Å². The highest BCUT2D eigenvalue weighted by atomic mass is 32.2. The lowest BCUT2D eigenvalue weighted by Crippen LogP contribution is -2.51. The Bertz CT molecular complexity index is 1660. The molecule has 3 N–H and O–H groups in total. The minimum Gasteiger partial charge on any atom is -0.322 e. The molecule has 1 saturated heterocycles. The monoisotopic (exact) mass is 561 g/mol. The minimum absolute atomic E-state index is 0.101. The molecule has 0 spiro atoms. The Morgan fingerprint density at radius 1 is 1.05 bits per heavy atom. The van der Waals surface area contributed by atoms with Crippen LogP contribution in [0.2, 0.25) is 0 Å². The fourth-order valence-corrected chi connectivity index (χ4v) is 5.87. The molecule has 38 heavy (non-hydrogen) atoms. The van der Waals surface area contributed by atoms with E-state index < -0.39 is 16.7 Å². The van der Waals surface area contributed by atoms with Crippen LogP contribution in [0.3, 0.4) is 0 Å². The number of rotatable bonds is 6. The van der Waals surface area contributed by atoms with Crippen LogP contribution in [0.15, 0.2) is 81.5 Å². The molecule has 0 atom stereocenters. The van der Waals surface area contributed by atoms with Gasteiger partial charge in [-0.3, -0.25) is 35.1 Å². The first kappa shape index (κ1) is 25.2. The van der Waals surface area contributed by atoms with E-state index in [-0.39, 0.29) is 22.3 Å². The van der Waals surface area contributed by atoms with Crippen molar-refractivity contribution in [2.75, 3.05) is 5.32 Å². The summed E-state index contributed by atoms with van der Waals surface area (Å²) < 4.78 is 1.37. The Morgan fingerprint density at radius 3 is 2.50 bits per heavy atom. The maximum Gasteiger partial charge on any atom is 0.283 e. The molecule has 188 valence electrons. The van der Waals surface area contributed by atoms with Gasteiger partial charge in [-0.05, 0) is 60.3 Å². The van der Waals surface area contributed by atoms with Gasteiger partial charge in [0.1, 0.15) is 5.57 Å². The number of aromatic nitrogens is 1. The Morgan fingerprint density at radius 2 is 1.79 bits per heavy atom. The van der Waals surface area contributed by atoms with Crippen molar-refractivity contribution in [1.29, 1.82) is 0 Å². The van der Waals surface area contributed by atoms with Crippen molar-refractivity contribution in [3.8, 4) is 0 Å². The summed E-state index contributed by atoms with van der Waals surface area (Å²) in [5.41, 5.74) is 1.71. The first-order chi connectivity index (χ1) is 18.3. The van der Waals surface area contributed by atoms with Gasteiger partial charge in [-0.2, -0.15) is 0 Å². The van der Waals surface area contributed by atoms with Gasteiger partial charge in [0.05, 0.1) is 20.0 Å². The van der Waals surface area contributed by atoms with E-state index in [0.29, 0.717) is 31.6 Å². The highest BCUT2D eigenvalue weighted by Gasteiger charge is 2.26. The molecular formula is C25H15N5O5S3. The Hall–Kier alpha value is -4.46. The van der Waals surface area contributed by atoms with E-state index in [4.69, 9.17) is 12.2 Å². The van der Waals surface area contributed by atoms with E-state index in [9.17, 15) is 24.5 Å². The minimum atomic E-state index is -0.686. The van der Waals surface area contributed by atoms with Gasteiger partial charge >= 0.3 is 0 Å². The van der Waals surface area contributed by atoms with Gasteiger partial charge in [0, 0.05) is 17.3 Å². The van der Waals surface area contributed by atoms with E-state index in [0.717, 1.165) is 16.5 Å². The number of hydrogen-bond donors (Lipinski definition) is 3. The number of thiazole rings is 1. The van der Waals surface area contributed by atoms with Gasteiger partial charge in [0.25, 0.3) is 23.4 Å². The highest BCUT2D eigenvalue weighted by molar-refractivity contribution is 8.01. The average Bonchev–Trinajstić information content (AvgIpc) is 3.29. The second-order valence-electron chi connectivity index (χ2n) is 7.86. The highest BCUT2D eigenvalue weighted by Crippen LogP contribution is 2.39. The summed E-state index contributed by atoms with van der Waals surface area (Å²) in [7, 11) is 0. The predicted molar refractivity (Wildman–Crippen MR) is 148 cm³/mol. The van der Waals surface area contributed by atoms with E-state index in [2.05, 4.69) is 20.9 Å². The zero-order valence-electron chi connectivity index (χ0n) is 19.1. The van der Waals surface area contributed by atoms with Gasteiger partial charge in [0.15, 0.2) is 9.45 Å². The number of thiocarbonyl (C=S) groups is 1. The van der Waals surface area contributed by atoms with Gasteiger partial charge in [-0.15, -0.1) is 11.3 Å². The number of nitrogens with zero attached hydrogens (tertiary/aromatic N) is 2. The average molecular weight is 562 g/mol. The zero-order chi connectivity index (χ0) is 26.8. The summed E-state index contributed by atoms with van der Waals surface area (Å²) in [6, 6.07) is 18.5. The molecular weight excluding hydrogens is 547 g/mol. The molecule has 0 radical (unpaired) electrons. The summed E-state index contributed by atoms with van der Waals surface area (Å²) in [6.07, 6.45) is 1.26. The number of benzene rings is 3. The van der Waals surface area contributed by atoms with Crippen LogP contribution in [-0.4, -0.2) is 32.7 Å². The van der Waals surface area contributed by atoms with Crippen LogP contribution < -0.4 is 16.0 Å². The normalized spacial score (nSPS) is 13.2. The molecule has 2 heterocycles. The number of fused-ring (bicyclic) bond motifs is 1. The molecule has 0 aliphatic carbocycles. The van der Waals surface area contributed by atoms with Gasteiger partial charge in [0.2, 0.25) is 0 Å². The molecule has 10 nitrogen and oxygen atoms in total. The number of hydrogen-bond acceptors (Lipinski definition) is 9. The van der Waals surface area contributed by atoms with Crippen LogP contribution in [0.4, 0.5) is 11.4 Å². The summed E-state index contributed by atoms with van der Waals surface area (Å²) >= 11 is 7.23. The fraction of sp³-hybridized carbons (Fsp3) is 0. The molecule has 5 rings (SSSR count). The molecule has 1 aliphatic heterocycles. The predicted octanol–water partition coefficient (Wildman–Crippen LogP) is 4.52. The van der Waals surface area contributed by atoms with E-state index in [1.54, 1.807) is 48.5 Å². The van der Waals surface area contributed by atoms with Crippen LogP contribution in [-0.2, 0) is 9.59 Å². The maximum atomic E-state index is 12.5. The number of amides is 3. The number of anilines is 1. The van der Waals surface area contributed by atoms with E-state index in [1.165, 1.54) is 29.5 Å². The van der Waals surface area contributed by atoms with E-state index in [1.807, 2.05) is 6.07 Å². The molecule has 1 aliphatic rings. The summed E-state index contributed by atoms with van der Waals surface area (Å²) in [4.78, 5) is 52.8. The molecule has 13 heteroatoms. The number of nitro benzene ring substituents is 1. The van der Waals surface area contributed by atoms with Crippen molar-refractivity contribution in [3.05, 3.63) is 93.5 Å².